The Morgan fingerprint density at radius 2 is 2.05 bits per heavy atom. The maximum atomic E-state index is 10.5. The molecule has 19 heavy (non-hydrogen) atoms. The first-order valence-electron chi connectivity index (χ1n) is 6.69. The number of aliphatic carboxylic acids is 1. The number of piperazine rings is 1. The summed E-state index contributed by atoms with van der Waals surface area (Å²) in [5.74, 6) is 0.246. The Morgan fingerprint density at radius 1 is 1.32 bits per heavy atom. The lowest BCUT2D eigenvalue weighted by molar-refractivity contribution is -0.137. The summed E-state index contributed by atoms with van der Waals surface area (Å²) in [6.07, 6.45) is 2.74. The van der Waals surface area contributed by atoms with Crippen LogP contribution in [-0.4, -0.2) is 58.7 Å². The summed E-state index contributed by atoms with van der Waals surface area (Å²) in [6.45, 7) is 6.26. The first-order valence-corrected chi connectivity index (χ1v) is 6.69. The van der Waals surface area contributed by atoms with Crippen LogP contribution in [0, 0.1) is 0 Å². The van der Waals surface area contributed by atoms with Gasteiger partial charge in [0.05, 0.1) is 6.42 Å². The molecule has 0 aliphatic carbocycles. The molecule has 1 aromatic rings. The predicted octanol–water partition coefficient (Wildman–Crippen LogP) is 0.636. The van der Waals surface area contributed by atoms with E-state index in [9.17, 15) is 4.79 Å². The van der Waals surface area contributed by atoms with Gasteiger partial charge in [-0.1, -0.05) is 6.92 Å². The number of aromatic nitrogens is 2. The van der Waals surface area contributed by atoms with Crippen molar-refractivity contribution in [2.45, 2.75) is 19.8 Å². The molecule has 1 fully saturated rings. The van der Waals surface area contributed by atoms with Gasteiger partial charge in [0.15, 0.2) is 0 Å². The molecule has 1 aromatic heterocycles. The van der Waals surface area contributed by atoms with E-state index in [-0.39, 0.29) is 6.42 Å². The largest absolute Gasteiger partial charge is 0.481 e. The van der Waals surface area contributed by atoms with E-state index in [0.717, 1.165) is 44.1 Å². The Balaban J connectivity index is 1.87. The average molecular weight is 264 g/mol. The summed E-state index contributed by atoms with van der Waals surface area (Å²) in [6, 6.07) is 2.03. The minimum absolute atomic E-state index is 0.216. The minimum Gasteiger partial charge on any atom is -0.481 e. The Morgan fingerprint density at radius 3 is 2.68 bits per heavy atom. The fourth-order valence-corrected chi connectivity index (χ4v) is 2.21. The molecule has 0 aromatic carbocycles. The van der Waals surface area contributed by atoms with E-state index in [1.54, 1.807) is 6.33 Å². The SMILES string of the molecule is CCc1cc(N2CCN(CCC(=O)O)CC2)ncn1. The van der Waals surface area contributed by atoms with E-state index in [4.69, 9.17) is 5.11 Å². The van der Waals surface area contributed by atoms with E-state index in [1.165, 1.54) is 0 Å². The highest BCUT2D eigenvalue weighted by molar-refractivity contribution is 5.66. The normalized spacial score (nSPS) is 16.6. The van der Waals surface area contributed by atoms with Crippen molar-refractivity contribution in [3.05, 3.63) is 18.1 Å². The van der Waals surface area contributed by atoms with Crippen LogP contribution in [0.3, 0.4) is 0 Å². The van der Waals surface area contributed by atoms with Crippen LogP contribution in [0.15, 0.2) is 12.4 Å². The summed E-state index contributed by atoms with van der Waals surface area (Å²) < 4.78 is 0. The van der Waals surface area contributed by atoms with Crippen molar-refractivity contribution in [3.63, 3.8) is 0 Å². The molecule has 1 aliphatic heterocycles. The fourth-order valence-electron chi connectivity index (χ4n) is 2.21. The third-order valence-corrected chi connectivity index (χ3v) is 3.41. The third kappa shape index (κ3) is 3.89. The topological polar surface area (TPSA) is 69.6 Å². The van der Waals surface area contributed by atoms with Gasteiger partial charge in [0.25, 0.3) is 0 Å². The van der Waals surface area contributed by atoms with Crippen LogP contribution >= 0.6 is 0 Å². The molecule has 0 spiro atoms. The molecule has 6 nitrogen and oxygen atoms in total. The number of anilines is 1. The van der Waals surface area contributed by atoms with Crippen molar-refractivity contribution >= 4 is 11.8 Å². The van der Waals surface area contributed by atoms with Crippen LogP contribution in [0.5, 0.6) is 0 Å². The number of carboxylic acids is 1. The number of rotatable bonds is 5. The highest BCUT2D eigenvalue weighted by Crippen LogP contribution is 2.14. The van der Waals surface area contributed by atoms with Gasteiger partial charge in [0.2, 0.25) is 0 Å². The third-order valence-electron chi connectivity index (χ3n) is 3.41. The minimum atomic E-state index is -0.731. The Hall–Kier alpha value is -1.69. The molecule has 1 N–H and O–H groups in total. The predicted molar refractivity (Wildman–Crippen MR) is 72.3 cm³/mol. The van der Waals surface area contributed by atoms with Gasteiger partial charge in [0.1, 0.15) is 12.1 Å². The Labute approximate surface area is 113 Å². The van der Waals surface area contributed by atoms with Crippen molar-refractivity contribution in [1.29, 1.82) is 0 Å². The van der Waals surface area contributed by atoms with Crippen LogP contribution in [0.4, 0.5) is 5.82 Å². The summed E-state index contributed by atoms with van der Waals surface area (Å²) in [7, 11) is 0. The zero-order chi connectivity index (χ0) is 13.7. The molecular formula is C13H20N4O2. The standard InChI is InChI=1S/C13H20N4O2/c1-2-11-9-12(15-10-14-11)17-7-5-16(6-8-17)4-3-13(18)19/h9-10H,2-8H2,1H3,(H,18,19). The molecule has 0 amide bonds. The number of hydrogen-bond acceptors (Lipinski definition) is 5. The molecule has 2 heterocycles. The van der Waals surface area contributed by atoms with Gasteiger partial charge >= 0.3 is 5.97 Å². The van der Waals surface area contributed by atoms with Gasteiger partial charge in [0, 0.05) is 44.5 Å². The van der Waals surface area contributed by atoms with E-state index in [2.05, 4.69) is 26.7 Å². The quantitative estimate of drug-likeness (QED) is 0.841. The van der Waals surface area contributed by atoms with E-state index < -0.39 is 5.97 Å². The summed E-state index contributed by atoms with van der Waals surface area (Å²) in [4.78, 5) is 23.5. The monoisotopic (exact) mass is 264 g/mol. The van der Waals surface area contributed by atoms with Crippen molar-refractivity contribution in [1.82, 2.24) is 14.9 Å². The smallest absolute Gasteiger partial charge is 0.304 e. The number of nitrogens with zero attached hydrogens (tertiary/aromatic N) is 4. The van der Waals surface area contributed by atoms with E-state index in [1.807, 2.05) is 6.07 Å². The van der Waals surface area contributed by atoms with E-state index in [0.29, 0.717) is 6.54 Å². The first kappa shape index (κ1) is 13.7. The maximum absolute atomic E-state index is 10.5. The Bertz CT molecular complexity index is 430. The van der Waals surface area contributed by atoms with Crippen molar-refractivity contribution in [2.75, 3.05) is 37.6 Å². The Kier molecular flexibility index (Phi) is 4.68. The van der Waals surface area contributed by atoms with Crippen LogP contribution in [-0.2, 0) is 11.2 Å². The molecular weight excluding hydrogens is 244 g/mol. The molecule has 0 unspecified atom stereocenters. The summed E-state index contributed by atoms with van der Waals surface area (Å²) in [5.41, 5.74) is 1.05. The zero-order valence-electron chi connectivity index (χ0n) is 11.2. The van der Waals surface area contributed by atoms with Crippen molar-refractivity contribution in [2.24, 2.45) is 0 Å². The highest BCUT2D eigenvalue weighted by Gasteiger charge is 2.18. The van der Waals surface area contributed by atoms with Crippen LogP contribution in [0.2, 0.25) is 0 Å². The lowest BCUT2D eigenvalue weighted by atomic mass is 10.2. The highest BCUT2D eigenvalue weighted by atomic mass is 16.4. The average Bonchev–Trinajstić information content (AvgIpc) is 2.45. The fraction of sp³-hybridized carbons (Fsp3) is 0.615. The number of carboxylic acid groups (broad SMARTS) is 1. The summed E-state index contributed by atoms with van der Waals surface area (Å²) in [5, 5.41) is 8.68. The van der Waals surface area contributed by atoms with Gasteiger partial charge in [-0.25, -0.2) is 9.97 Å². The first-order chi connectivity index (χ1) is 9.19. The van der Waals surface area contributed by atoms with Gasteiger partial charge < -0.3 is 10.0 Å². The van der Waals surface area contributed by atoms with Crippen LogP contribution < -0.4 is 4.90 Å². The molecule has 6 heteroatoms. The molecule has 0 bridgehead atoms. The molecule has 104 valence electrons. The number of carbonyl (C=O) groups is 1. The second kappa shape index (κ2) is 6.47. The van der Waals surface area contributed by atoms with E-state index >= 15 is 0 Å². The lowest BCUT2D eigenvalue weighted by Crippen LogP contribution is -2.47. The van der Waals surface area contributed by atoms with Gasteiger partial charge in [-0.15, -0.1) is 0 Å². The number of hydrogen-bond donors (Lipinski definition) is 1. The second-order valence-corrected chi connectivity index (χ2v) is 4.69. The number of aryl methyl sites for hydroxylation is 1. The molecule has 1 aliphatic rings. The molecule has 0 atom stereocenters. The van der Waals surface area contributed by atoms with Crippen LogP contribution in [0.25, 0.3) is 0 Å². The van der Waals surface area contributed by atoms with Crippen molar-refractivity contribution < 1.29 is 9.90 Å². The zero-order valence-corrected chi connectivity index (χ0v) is 11.2. The summed E-state index contributed by atoms with van der Waals surface area (Å²) >= 11 is 0. The van der Waals surface area contributed by atoms with Gasteiger partial charge in [-0.05, 0) is 6.42 Å². The molecule has 1 saturated heterocycles. The lowest BCUT2D eigenvalue weighted by Gasteiger charge is -2.35. The maximum Gasteiger partial charge on any atom is 0.304 e. The molecule has 2 rings (SSSR count). The molecule has 0 saturated carbocycles. The van der Waals surface area contributed by atoms with Gasteiger partial charge in [-0.3, -0.25) is 9.69 Å². The van der Waals surface area contributed by atoms with Crippen molar-refractivity contribution in [3.8, 4) is 0 Å². The van der Waals surface area contributed by atoms with Crippen LogP contribution in [0.1, 0.15) is 19.0 Å². The second-order valence-electron chi connectivity index (χ2n) is 4.69. The molecule has 0 radical (unpaired) electrons. The van der Waals surface area contributed by atoms with Gasteiger partial charge in [-0.2, -0.15) is 0 Å².